The van der Waals surface area contributed by atoms with Crippen molar-refractivity contribution in [2.24, 2.45) is 0 Å². The van der Waals surface area contributed by atoms with E-state index >= 15 is 0 Å². The van der Waals surface area contributed by atoms with Gasteiger partial charge in [0.25, 0.3) is 0 Å². The number of allylic oxidation sites excluding steroid dienone is 28. The van der Waals surface area contributed by atoms with Crippen LogP contribution in [0.1, 0.15) is 265 Å². The molecular formula is C75H118O6. The molecule has 0 radical (unpaired) electrons. The topological polar surface area (TPSA) is 78.9 Å². The molecule has 6 nitrogen and oxygen atoms in total. The standard InChI is InChI=1S/C75H118O6/c1-4-7-10-13-16-19-22-25-28-30-31-32-33-34-35-36-37-38-39-40-41-42-43-45-47-50-53-56-59-62-65-68-74(77)80-71-72(70-79-73(76)67-64-61-58-55-52-49-46-27-24-21-18-15-12-9-6-3)81-75(78)69-66-63-60-57-54-51-48-44-29-26-23-20-17-14-11-8-5-2/h7-12,16-21,25-29,31-32,34-35,37-38,40-41,46,52,55,72H,4-6,13-15,22-24,30,33,36,39,42-45,47-51,53-54,56-71H2,1-3H3/b10-7-,11-8-,12-9-,19-16-,20-17-,21-18-,28-25-,29-26-,32-31-,35-34-,38-37-,41-40-,46-27-,55-52-. The van der Waals surface area contributed by atoms with Crippen LogP contribution < -0.4 is 0 Å². The van der Waals surface area contributed by atoms with Crippen LogP contribution in [0.5, 0.6) is 0 Å². The van der Waals surface area contributed by atoms with Gasteiger partial charge >= 0.3 is 17.9 Å². The molecule has 0 amide bonds. The maximum Gasteiger partial charge on any atom is 0.306 e. The Hall–Kier alpha value is -5.23. The van der Waals surface area contributed by atoms with Gasteiger partial charge in [0.2, 0.25) is 0 Å². The van der Waals surface area contributed by atoms with Crippen molar-refractivity contribution in [1.82, 2.24) is 0 Å². The minimum Gasteiger partial charge on any atom is -0.462 e. The minimum absolute atomic E-state index is 0.106. The molecule has 0 aromatic rings. The summed E-state index contributed by atoms with van der Waals surface area (Å²) >= 11 is 0. The summed E-state index contributed by atoms with van der Waals surface area (Å²) in [7, 11) is 0. The van der Waals surface area contributed by atoms with Gasteiger partial charge in [0.05, 0.1) is 0 Å². The summed E-state index contributed by atoms with van der Waals surface area (Å²) in [5, 5.41) is 0. The Morgan fingerprint density at radius 2 is 0.444 bits per heavy atom. The first kappa shape index (κ1) is 75.8. The molecular weight excluding hydrogens is 997 g/mol. The van der Waals surface area contributed by atoms with Gasteiger partial charge in [0.15, 0.2) is 6.10 Å². The van der Waals surface area contributed by atoms with Crippen molar-refractivity contribution in [2.75, 3.05) is 13.2 Å². The maximum absolute atomic E-state index is 12.9. The summed E-state index contributed by atoms with van der Waals surface area (Å²) in [4.78, 5) is 38.3. The molecule has 1 atom stereocenters. The molecule has 0 saturated heterocycles. The number of ether oxygens (including phenoxy) is 3. The van der Waals surface area contributed by atoms with Crippen LogP contribution >= 0.6 is 0 Å². The van der Waals surface area contributed by atoms with E-state index in [-0.39, 0.29) is 31.1 Å². The van der Waals surface area contributed by atoms with Gasteiger partial charge in [-0.25, -0.2) is 0 Å². The first-order chi connectivity index (χ1) is 40.0. The first-order valence-electron chi connectivity index (χ1n) is 32.6. The van der Waals surface area contributed by atoms with Gasteiger partial charge < -0.3 is 14.2 Å². The summed E-state index contributed by atoms with van der Waals surface area (Å²) in [6.45, 7) is 6.25. The SMILES string of the molecule is CC/C=C\C/C=C\C/C=C\C/C=C\C/C=C\C/C=C\C/C=C\CCCCCCCCCCCC(=O)OCC(COC(=O)CCCC/C=C\C/C=C\C/C=C\C/C=C\CC)OC(=O)CCCCCCCCC/C=C\C/C=C\C/C=C\CC. The Kier molecular flexibility index (Phi) is 62.9. The third-order valence-corrected chi connectivity index (χ3v) is 13.2. The molecule has 0 aliphatic rings. The lowest BCUT2D eigenvalue weighted by Crippen LogP contribution is -2.30. The van der Waals surface area contributed by atoms with Gasteiger partial charge in [-0.3, -0.25) is 14.4 Å². The van der Waals surface area contributed by atoms with E-state index in [4.69, 9.17) is 14.2 Å². The highest BCUT2D eigenvalue weighted by molar-refractivity contribution is 5.71. The van der Waals surface area contributed by atoms with Gasteiger partial charge in [0.1, 0.15) is 13.2 Å². The minimum atomic E-state index is -0.813. The smallest absolute Gasteiger partial charge is 0.306 e. The molecule has 0 fully saturated rings. The lowest BCUT2D eigenvalue weighted by molar-refractivity contribution is -0.167. The van der Waals surface area contributed by atoms with Gasteiger partial charge in [-0.1, -0.05) is 268 Å². The van der Waals surface area contributed by atoms with Gasteiger partial charge in [-0.05, 0) is 148 Å². The molecule has 0 bridgehead atoms. The van der Waals surface area contributed by atoms with Crippen molar-refractivity contribution >= 4 is 17.9 Å². The average molecular weight is 1120 g/mol. The second kappa shape index (κ2) is 67.3. The molecule has 0 aliphatic heterocycles. The Bertz CT molecular complexity index is 1860. The number of hydrogen-bond acceptors (Lipinski definition) is 6. The molecule has 0 aromatic heterocycles. The molecule has 0 aromatic carbocycles. The molecule has 1 unspecified atom stereocenters. The van der Waals surface area contributed by atoms with E-state index in [1.165, 1.54) is 57.8 Å². The lowest BCUT2D eigenvalue weighted by Gasteiger charge is -2.18. The van der Waals surface area contributed by atoms with E-state index < -0.39 is 6.10 Å². The zero-order valence-electron chi connectivity index (χ0n) is 52.0. The number of esters is 3. The van der Waals surface area contributed by atoms with E-state index in [9.17, 15) is 14.4 Å². The van der Waals surface area contributed by atoms with Crippen molar-refractivity contribution in [3.8, 4) is 0 Å². The molecule has 0 rings (SSSR count). The predicted molar refractivity (Wildman–Crippen MR) is 352 cm³/mol. The largest absolute Gasteiger partial charge is 0.462 e. The van der Waals surface area contributed by atoms with Gasteiger partial charge in [0, 0.05) is 19.3 Å². The van der Waals surface area contributed by atoms with E-state index in [2.05, 4.69) is 191 Å². The second-order valence-electron chi connectivity index (χ2n) is 20.9. The van der Waals surface area contributed by atoms with E-state index in [0.717, 1.165) is 161 Å². The average Bonchev–Trinajstić information content (AvgIpc) is 3.47. The lowest BCUT2D eigenvalue weighted by atomic mass is 10.1. The molecule has 0 aliphatic carbocycles. The molecule has 81 heavy (non-hydrogen) atoms. The van der Waals surface area contributed by atoms with E-state index in [1.54, 1.807) is 0 Å². The van der Waals surface area contributed by atoms with Crippen LogP contribution in [-0.2, 0) is 28.6 Å². The van der Waals surface area contributed by atoms with Crippen LogP contribution in [0.3, 0.4) is 0 Å². The highest BCUT2D eigenvalue weighted by Crippen LogP contribution is 2.15. The maximum atomic E-state index is 12.9. The summed E-state index contributed by atoms with van der Waals surface area (Å²) in [6.07, 6.45) is 99.3. The zero-order chi connectivity index (χ0) is 58.5. The fourth-order valence-electron chi connectivity index (χ4n) is 8.43. The van der Waals surface area contributed by atoms with Gasteiger partial charge in [-0.15, -0.1) is 0 Å². The third kappa shape index (κ3) is 65.5. The van der Waals surface area contributed by atoms with Crippen molar-refractivity contribution in [3.63, 3.8) is 0 Å². The highest BCUT2D eigenvalue weighted by Gasteiger charge is 2.19. The molecule has 454 valence electrons. The summed E-state index contributed by atoms with van der Waals surface area (Å²) in [5.74, 6) is -0.968. The van der Waals surface area contributed by atoms with Crippen LogP contribution in [0.2, 0.25) is 0 Å². The second-order valence-corrected chi connectivity index (χ2v) is 20.9. The first-order valence-corrected chi connectivity index (χ1v) is 32.6. The van der Waals surface area contributed by atoms with Crippen molar-refractivity contribution in [1.29, 1.82) is 0 Å². The van der Waals surface area contributed by atoms with Crippen LogP contribution in [0.15, 0.2) is 170 Å². The fraction of sp³-hybridized carbons (Fsp3) is 0.587. The van der Waals surface area contributed by atoms with E-state index in [1.807, 2.05) is 0 Å². The molecule has 0 heterocycles. The van der Waals surface area contributed by atoms with Crippen LogP contribution in [-0.4, -0.2) is 37.2 Å². The van der Waals surface area contributed by atoms with Crippen LogP contribution in [0.25, 0.3) is 0 Å². The molecule has 0 saturated carbocycles. The molecule has 6 heteroatoms. The Labute approximate surface area is 498 Å². The Morgan fingerprint density at radius 1 is 0.247 bits per heavy atom. The normalized spacial score (nSPS) is 13.3. The monoisotopic (exact) mass is 1110 g/mol. The number of rotatable bonds is 57. The number of hydrogen-bond donors (Lipinski definition) is 0. The quantitative estimate of drug-likeness (QED) is 0.0261. The fourth-order valence-corrected chi connectivity index (χ4v) is 8.43. The highest BCUT2D eigenvalue weighted by atomic mass is 16.6. The Morgan fingerprint density at radius 3 is 0.716 bits per heavy atom. The van der Waals surface area contributed by atoms with E-state index in [0.29, 0.717) is 25.7 Å². The van der Waals surface area contributed by atoms with Crippen LogP contribution in [0, 0.1) is 0 Å². The number of carbonyl (C=O) groups excluding carboxylic acids is 3. The summed E-state index contributed by atoms with van der Waals surface area (Å²) in [6, 6.07) is 0. The van der Waals surface area contributed by atoms with Crippen molar-refractivity contribution < 1.29 is 28.6 Å². The van der Waals surface area contributed by atoms with Crippen molar-refractivity contribution in [3.05, 3.63) is 170 Å². The van der Waals surface area contributed by atoms with Crippen LogP contribution in [0.4, 0.5) is 0 Å². The summed E-state index contributed by atoms with van der Waals surface area (Å²) < 4.78 is 16.9. The number of unbranched alkanes of at least 4 members (excludes halogenated alkanes) is 18. The summed E-state index contributed by atoms with van der Waals surface area (Å²) in [5.41, 5.74) is 0. The third-order valence-electron chi connectivity index (χ3n) is 13.2. The molecule has 0 spiro atoms. The Balaban J connectivity index is 4.38. The van der Waals surface area contributed by atoms with Gasteiger partial charge in [-0.2, -0.15) is 0 Å². The predicted octanol–water partition coefficient (Wildman–Crippen LogP) is 22.7. The number of carbonyl (C=O) groups is 3. The molecule has 0 N–H and O–H groups in total. The zero-order valence-corrected chi connectivity index (χ0v) is 52.0. The van der Waals surface area contributed by atoms with Crippen molar-refractivity contribution in [2.45, 2.75) is 271 Å².